The van der Waals surface area contributed by atoms with Crippen LogP contribution in [0.3, 0.4) is 0 Å². The van der Waals surface area contributed by atoms with Gasteiger partial charge in [0.25, 0.3) is 11.7 Å². The molecule has 0 aromatic heterocycles. The molecule has 3 heterocycles. The Labute approximate surface area is 375 Å². The fraction of sp³-hybridized carbons (Fsp3) is 0.700. The van der Waals surface area contributed by atoms with Crippen molar-refractivity contribution in [3.8, 4) is 0 Å². The normalized spacial score (nSPS) is 40.4. The average Bonchev–Trinajstić information content (AvgIpc) is 3.26. The van der Waals surface area contributed by atoms with Crippen molar-refractivity contribution < 1.29 is 58.2 Å². The molecule has 3 fully saturated rings. The number of aliphatic hydroxyl groups is 3. The molecule has 2 saturated heterocycles. The second-order valence-corrected chi connectivity index (χ2v) is 18.9. The van der Waals surface area contributed by atoms with E-state index in [1.54, 1.807) is 40.0 Å². The molecule has 352 valence electrons. The van der Waals surface area contributed by atoms with E-state index in [2.05, 4.69) is 0 Å². The molecule has 13 nitrogen and oxygen atoms in total. The van der Waals surface area contributed by atoms with E-state index in [1.807, 2.05) is 64.2 Å². The van der Waals surface area contributed by atoms with Gasteiger partial charge in [0, 0.05) is 44.9 Å². The third-order valence-electron chi connectivity index (χ3n) is 13.7. The molecule has 2 bridgehead atoms. The van der Waals surface area contributed by atoms with Crippen LogP contribution >= 0.6 is 0 Å². The number of rotatable bonds is 5. The Bertz CT molecular complexity index is 1750. The van der Waals surface area contributed by atoms with Crippen LogP contribution in [0.5, 0.6) is 0 Å². The quantitative estimate of drug-likeness (QED) is 0.159. The van der Waals surface area contributed by atoms with Crippen molar-refractivity contribution in [3.63, 3.8) is 0 Å². The summed E-state index contributed by atoms with van der Waals surface area (Å²) in [6, 6.07) is -1.13. The summed E-state index contributed by atoms with van der Waals surface area (Å²) in [5.41, 5.74) is 1.27. The minimum absolute atomic E-state index is 0.0361. The standard InChI is InChI=1S/C50H75NO12/c1-30-15-11-10-12-16-31(2)25-34(5)44(54)46(61-9)45(55)35(6)26-32(3)41(53)29-42(33(4)27-37-20-23-40(52)43(28-37)60-8)62-49(58)39-17-13-14-24-51(39)48(57)47(56)50(59)36(7)19-22-38(63-50)21-18-30/h10-12,15-16,18,21,26,31-34,36-40,42-43,45-46,52,55,59H,13-14,17,19-20,22-25,27-29H2,1-9H3/b11-10+,16-12-,21-18+,30-15+,35-26+/t31-,32-,33+,34-,36-,37+,38-,39+,40-,42?,43-,45-,46+,50-/m1/s1. The van der Waals surface area contributed by atoms with Gasteiger partial charge in [0.15, 0.2) is 5.78 Å². The summed E-state index contributed by atoms with van der Waals surface area (Å²) in [5.74, 6) is -7.85. The van der Waals surface area contributed by atoms with Crippen LogP contribution < -0.4 is 0 Å². The van der Waals surface area contributed by atoms with Gasteiger partial charge >= 0.3 is 5.97 Å². The van der Waals surface area contributed by atoms with E-state index in [9.17, 15) is 39.3 Å². The smallest absolute Gasteiger partial charge is 0.329 e. The van der Waals surface area contributed by atoms with Crippen molar-refractivity contribution in [2.24, 2.45) is 35.5 Å². The molecule has 1 aliphatic carbocycles. The zero-order valence-corrected chi connectivity index (χ0v) is 39.1. The summed E-state index contributed by atoms with van der Waals surface area (Å²) in [6.45, 7) is 12.7. The van der Waals surface area contributed by atoms with Crippen LogP contribution in [-0.2, 0) is 42.9 Å². The highest BCUT2D eigenvalue weighted by Crippen LogP contribution is 2.36. The van der Waals surface area contributed by atoms with Gasteiger partial charge in [0.2, 0.25) is 5.79 Å². The number of cyclic esters (lactones) is 1. The number of carbonyl (C=O) groups excluding carboxylic acids is 5. The zero-order valence-electron chi connectivity index (χ0n) is 39.1. The van der Waals surface area contributed by atoms with Gasteiger partial charge in [-0.1, -0.05) is 88.8 Å². The first kappa shape index (κ1) is 52.0. The molecule has 0 radical (unpaired) electrons. The Morgan fingerprint density at radius 1 is 0.889 bits per heavy atom. The van der Waals surface area contributed by atoms with Crippen molar-refractivity contribution in [1.29, 1.82) is 0 Å². The number of hydrogen-bond acceptors (Lipinski definition) is 12. The summed E-state index contributed by atoms with van der Waals surface area (Å²) in [6.07, 6.45) is 14.9. The molecule has 4 rings (SSSR count). The second kappa shape index (κ2) is 24.1. The van der Waals surface area contributed by atoms with E-state index in [0.29, 0.717) is 56.9 Å². The lowest BCUT2D eigenvalue weighted by Gasteiger charge is -2.41. The van der Waals surface area contributed by atoms with Gasteiger partial charge in [-0.3, -0.25) is 19.2 Å². The first-order valence-electron chi connectivity index (χ1n) is 23.1. The molecular weight excluding hydrogens is 807 g/mol. The number of ketones is 3. The molecule has 0 spiro atoms. The van der Waals surface area contributed by atoms with Crippen LogP contribution in [0.4, 0.5) is 0 Å². The van der Waals surface area contributed by atoms with Crippen molar-refractivity contribution in [2.75, 3.05) is 20.8 Å². The van der Waals surface area contributed by atoms with E-state index in [0.717, 1.165) is 12.0 Å². The van der Waals surface area contributed by atoms with E-state index in [4.69, 9.17) is 18.9 Å². The number of methoxy groups -OCH3 is 2. The number of Topliss-reactive ketones (excluding diaryl/α,β-unsaturated/α-hetero) is 3. The molecule has 0 aromatic rings. The third kappa shape index (κ3) is 14.0. The Balaban J connectivity index is 1.69. The number of aliphatic hydroxyl groups excluding tert-OH is 2. The lowest BCUT2D eigenvalue weighted by atomic mass is 9.78. The Hall–Kier alpha value is -3.59. The summed E-state index contributed by atoms with van der Waals surface area (Å²) in [5, 5.41) is 33.6. The van der Waals surface area contributed by atoms with Crippen molar-refractivity contribution >= 4 is 29.2 Å². The monoisotopic (exact) mass is 882 g/mol. The molecule has 14 atom stereocenters. The summed E-state index contributed by atoms with van der Waals surface area (Å²) < 4.78 is 23.4. The first-order chi connectivity index (χ1) is 29.8. The van der Waals surface area contributed by atoms with Gasteiger partial charge in [-0.25, -0.2) is 4.79 Å². The van der Waals surface area contributed by atoms with E-state index < -0.39 is 77.8 Å². The molecule has 4 aliphatic rings. The maximum absolute atomic E-state index is 14.3. The van der Waals surface area contributed by atoms with Crippen LogP contribution in [0.15, 0.2) is 59.8 Å². The number of hydrogen-bond donors (Lipinski definition) is 3. The second-order valence-electron chi connectivity index (χ2n) is 18.9. The number of allylic oxidation sites excluding steroid dienone is 8. The minimum atomic E-state index is -2.41. The molecule has 1 unspecified atom stereocenters. The molecule has 1 saturated carbocycles. The number of ether oxygens (including phenoxy) is 4. The number of fused-ring (bicyclic) bond motifs is 3. The first-order valence-corrected chi connectivity index (χ1v) is 23.1. The van der Waals surface area contributed by atoms with E-state index in [-0.39, 0.29) is 54.8 Å². The topological polar surface area (TPSA) is 186 Å². The number of esters is 1. The van der Waals surface area contributed by atoms with Gasteiger partial charge in [-0.15, -0.1) is 0 Å². The van der Waals surface area contributed by atoms with Gasteiger partial charge in [0.05, 0.1) is 18.3 Å². The highest BCUT2D eigenvalue weighted by atomic mass is 16.6. The highest BCUT2D eigenvalue weighted by Gasteiger charge is 2.52. The Morgan fingerprint density at radius 3 is 2.32 bits per heavy atom. The largest absolute Gasteiger partial charge is 0.460 e. The number of piperidine rings is 1. The molecular formula is C50H75NO12. The summed E-state index contributed by atoms with van der Waals surface area (Å²) >= 11 is 0. The average molecular weight is 882 g/mol. The van der Waals surface area contributed by atoms with Crippen molar-refractivity contribution in [1.82, 2.24) is 4.90 Å². The van der Waals surface area contributed by atoms with Gasteiger partial charge in [-0.05, 0) is 101 Å². The van der Waals surface area contributed by atoms with Gasteiger partial charge < -0.3 is 39.2 Å². The van der Waals surface area contributed by atoms with Crippen LogP contribution in [0.25, 0.3) is 0 Å². The zero-order chi connectivity index (χ0) is 46.6. The lowest BCUT2D eigenvalue weighted by molar-refractivity contribution is -0.254. The van der Waals surface area contributed by atoms with Gasteiger partial charge in [0.1, 0.15) is 30.1 Å². The molecule has 3 N–H and O–H groups in total. The molecule has 0 aromatic carbocycles. The Kier molecular flexibility index (Phi) is 19.9. The Morgan fingerprint density at radius 2 is 1.62 bits per heavy atom. The fourth-order valence-corrected chi connectivity index (χ4v) is 9.54. The maximum Gasteiger partial charge on any atom is 0.329 e. The maximum atomic E-state index is 14.3. The van der Waals surface area contributed by atoms with Crippen LogP contribution in [0.2, 0.25) is 0 Å². The highest BCUT2D eigenvalue weighted by molar-refractivity contribution is 6.39. The van der Waals surface area contributed by atoms with Crippen LogP contribution in [0.1, 0.15) is 119 Å². The van der Waals surface area contributed by atoms with Crippen LogP contribution in [0, 0.1) is 35.5 Å². The summed E-state index contributed by atoms with van der Waals surface area (Å²) in [4.78, 5) is 71.4. The predicted molar refractivity (Wildman–Crippen MR) is 239 cm³/mol. The number of amides is 1. The van der Waals surface area contributed by atoms with Crippen molar-refractivity contribution in [3.05, 3.63) is 59.8 Å². The number of carbonyl (C=O) groups is 5. The van der Waals surface area contributed by atoms with E-state index in [1.165, 1.54) is 12.0 Å². The molecule has 63 heavy (non-hydrogen) atoms. The molecule has 3 aliphatic heterocycles. The van der Waals surface area contributed by atoms with Crippen LogP contribution in [-0.4, -0.2) is 119 Å². The SMILES string of the molecule is CO[C@@H]1C[C@H](C[C@H](C)C2CC(=O)[C@H](C)/C=C(\C)[C@@H](O)[C@@H](OC)C(=O)[C@H](C)C[C@H](C)\C=C/C=C/C=C(C)/C=C/[C@@H]3CC[C@@H](C)[C@@](O)(O3)C(=O)C(=O)N3CCCC[C@H]3C(=O)O2)CC[C@H]1O. The fourth-order valence-electron chi connectivity index (χ4n) is 9.54. The third-order valence-corrected chi connectivity index (χ3v) is 13.7. The molecule has 13 heteroatoms. The predicted octanol–water partition coefficient (Wildman–Crippen LogP) is 6.33. The minimum Gasteiger partial charge on any atom is -0.460 e. The summed E-state index contributed by atoms with van der Waals surface area (Å²) in [7, 11) is 2.95. The lowest BCUT2D eigenvalue weighted by Crippen LogP contribution is -2.60. The molecule has 1 amide bonds. The van der Waals surface area contributed by atoms with Gasteiger partial charge in [-0.2, -0.15) is 0 Å². The van der Waals surface area contributed by atoms with E-state index >= 15 is 0 Å². The number of nitrogens with zero attached hydrogens (tertiary/aromatic N) is 1. The van der Waals surface area contributed by atoms with Crippen molar-refractivity contribution in [2.45, 2.75) is 168 Å².